The Morgan fingerprint density at radius 2 is 1.50 bits per heavy atom. The Morgan fingerprint density at radius 1 is 0.894 bits per heavy atom. The lowest BCUT2D eigenvalue weighted by molar-refractivity contribution is -0.104. The number of carbonyl (C=O) groups is 1. The SMILES string of the molecule is COc1ccc(C(OC[C@H]2O[C@@H](N3C=C4CCC5=C4C(=N3)C=NN(C(=O)c3ccccc3)C5)[C@H](F)[C@@H]2OP(OCCC#N)N(C(C)C)C(C)C)(c2ccccc2)c2ccc(OC)cc2)cc1. The molecule has 0 saturated carbocycles. The van der Waals surface area contributed by atoms with Gasteiger partial charge in [-0.3, -0.25) is 4.79 Å². The molecule has 13 nitrogen and oxygen atoms in total. The summed E-state index contributed by atoms with van der Waals surface area (Å²) in [6.45, 7) is 8.42. The Balaban J connectivity index is 1.19. The summed E-state index contributed by atoms with van der Waals surface area (Å²) in [6, 6.07) is 36.4. The third-order valence-electron chi connectivity index (χ3n) is 12.1. The number of halogens is 1. The maximum atomic E-state index is 17.9. The van der Waals surface area contributed by atoms with Crippen molar-refractivity contribution in [2.75, 3.05) is 34.0 Å². The van der Waals surface area contributed by atoms with Crippen molar-refractivity contribution in [2.24, 2.45) is 10.2 Å². The van der Waals surface area contributed by atoms with Crippen LogP contribution in [0.3, 0.4) is 0 Å². The van der Waals surface area contributed by atoms with Crippen LogP contribution in [0.5, 0.6) is 11.5 Å². The summed E-state index contributed by atoms with van der Waals surface area (Å²) in [7, 11) is 1.33. The molecule has 8 rings (SSSR count). The molecule has 3 heterocycles. The topological polar surface area (TPSA) is 131 Å². The predicted octanol–water partition coefficient (Wildman–Crippen LogP) is 9.52. The molecule has 4 aliphatic rings. The maximum absolute atomic E-state index is 17.9. The molecule has 1 unspecified atom stereocenters. The number of ether oxygens (including phenoxy) is 4. The van der Waals surface area contributed by atoms with Gasteiger partial charge in [-0.2, -0.15) is 15.5 Å². The Hall–Kier alpha value is -5.78. The van der Waals surface area contributed by atoms with Crippen LogP contribution >= 0.6 is 8.53 Å². The first kappa shape index (κ1) is 46.7. The molecule has 1 aliphatic carbocycles. The van der Waals surface area contributed by atoms with Gasteiger partial charge in [-0.05, 0) is 105 Å². The average Bonchev–Trinajstić information content (AvgIpc) is 3.83. The number of hydrazone groups is 2. The highest BCUT2D eigenvalue weighted by atomic mass is 31.2. The van der Waals surface area contributed by atoms with E-state index in [-0.39, 0.29) is 37.6 Å². The van der Waals surface area contributed by atoms with E-state index in [1.54, 1.807) is 32.6 Å². The van der Waals surface area contributed by atoms with Crippen LogP contribution in [-0.2, 0) is 24.1 Å². The first-order valence-corrected chi connectivity index (χ1v) is 23.4. The molecule has 4 aromatic rings. The molecule has 0 spiro atoms. The van der Waals surface area contributed by atoms with Crippen molar-refractivity contribution in [3.8, 4) is 17.6 Å². The highest BCUT2D eigenvalue weighted by Crippen LogP contribution is 2.51. The van der Waals surface area contributed by atoms with E-state index in [1.165, 1.54) is 10.0 Å². The van der Waals surface area contributed by atoms with Crippen LogP contribution in [0, 0.1) is 11.3 Å². The van der Waals surface area contributed by atoms with Crippen LogP contribution in [0.1, 0.15) is 74.0 Å². The summed E-state index contributed by atoms with van der Waals surface area (Å²) in [6.07, 6.45) is -0.275. The van der Waals surface area contributed by atoms with Crippen LogP contribution in [0.2, 0.25) is 0 Å². The smallest absolute Gasteiger partial charge is 0.274 e. The first-order valence-electron chi connectivity index (χ1n) is 22.3. The molecule has 0 N–H and O–H groups in total. The van der Waals surface area contributed by atoms with E-state index in [9.17, 15) is 10.1 Å². The zero-order valence-electron chi connectivity index (χ0n) is 38.1. The van der Waals surface area contributed by atoms with Crippen molar-refractivity contribution >= 4 is 26.4 Å². The van der Waals surface area contributed by atoms with Crippen LogP contribution in [0.4, 0.5) is 4.39 Å². The normalized spacial score (nSPS) is 20.9. The molecular weight excluding hydrogens is 859 g/mol. The number of allylic oxidation sites excluding steroid dienone is 2. The molecular formula is C51H56FN6O7P. The van der Waals surface area contributed by atoms with Crippen LogP contribution in [0.15, 0.2) is 142 Å². The van der Waals surface area contributed by atoms with E-state index in [0.717, 1.165) is 33.4 Å². The molecule has 66 heavy (non-hydrogen) atoms. The number of hydrogen-bond donors (Lipinski definition) is 0. The summed E-state index contributed by atoms with van der Waals surface area (Å²) < 4.78 is 58.4. The third kappa shape index (κ3) is 9.56. The second-order valence-electron chi connectivity index (χ2n) is 16.9. The van der Waals surface area contributed by atoms with Crippen LogP contribution in [-0.4, -0.2) is 103 Å². The van der Waals surface area contributed by atoms with Gasteiger partial charge in [-0.15, -0.1) is 0 Å². The summed E-state index contributed by atoms with van der Waals surface area (Å²) in [4.78, 5) is 13.6. The quantitative estimate of drug-likeness (QED) is 0.0541. The summed E-state index contributed by atoms with van der Waals surface area (Å²) in [5.74, 6) is 1.13. The number of amides is 1. The molecule has 1 fully saturated rings. The second-order valence-corrected chi connectivity index (χ2v) is 18.3. The highest BCUT2D eigenvalue weighted by molar-refractivity contribution is 7.44. The van der Waals surface area contributed by atoms with Gasteiger partial charge >= 0.3 is 0 Å². The largest absolute Gasteiger partial charge is 0.497 e. The monoisotopic (exact) mass is 914 g/mol. The van der Waals surface area contributed by atoms with E-state index >= 15 is 4.39 Å². The zero-order chi connectivity index (χ0) is 46.4. The van der Waals surface area contributed by atoms with Gasteiger partial charge in [0, 0.05) is 29.4 Å². The number of hydrogen-bond acceptors (Lipinski definition) is 12. The molecule has 0 radical (unpaired) electrons. The second kappa shape index (κ2) is 20.8. The standard InChI is InChI=1S/C51H56FN6O7P/c1-34(2)58(35(3)4)66(63-29-13-28-53)65-48-45(33-62-51(39-16-11-8-12-17-39,40-20-24-42(60-5)25-21-40)41-22-26-43(61-6)27-23-41)64-50(47(48)52)57-32-38-19-18-37-31-56(54-30-44(55-57)46(37)38)49(59)36-14-9-7-10-15-36/h7-12,14-17,20-27,30,32,34-35,45,47-48,50H,13,18-19,29,31,33H2,1-6H3/t45-,47-,48-,50-,66?/m1/s1. The first-order chi connectivity index (χ1) is 32.1. The van der Waals surface area contributed by atoms with Gasteiger partial charge in [0.1, 0.15) is 35.0 Å². The number of carbonyl (C=O) groups excluding carboxylic acids is 1. The Kier molecular flexibility index (Phi) is 14.7. The van der Waals surface area contributed by atoms with Gasteiger partial charge < -0.3 is 28.0 Å². The lowest BCUT2D eigenvalue weighted by Gasteiger charge is -2.39. The van der Waals surface area contributed by atoms with E-state index < -0.39 is 38.7 Å². The van der Waals surface area contributed by atoms with Gasteiger partial charge in [0.25, 0.3) is 14.4 Å². The number of benzene rings is 4. The Morgan fingerprint density at radius 3 is 2.09 bits per heavy atom. The molecule has 344 valence electrons. The summed E-state index contributed by atoms with van der Waals surface area (Å²) >= 11 is 0. The Bertz CT molecular complexity index is 2420. The fraction of sp³-hybridized carbons (Fsp3) is 0.373. The lowest BCUT2D eigenvalue weighted by atomic mass is 9.80. The molecule has 0 aromatic heterocycles. The van der Waals surface area contributed by atoms with Crippen LogP contribution in [0.25, 0.3) is 0 Å². The lowest BCUT2D eigenvalue weighted by Crippen LogP contribution is -2.42. The van der Waals surface area contributed by atoms with Crippen molar-refractivity contribution in [1.29, 1.82) is 5.26 Å². The number of methoxy groups -OCH3 is 2. The van der Waals surface area contributed by atoms with E-state index in [4.69, 9.17) is 33.1 Å². The van der Waals surface area contributed by atoms with Gasteiger partial charge in [-0.25, -0.2) is 19.1 Å². The molecule has 4 aromatic carbocycles. The minimum Gasteiger partial charge on any atom is -0.497 e. The fourth-order valence-electron chi connectivity index (χ4n) is 9.03. The van der Waals surface area contributed by atoms with E-state index in [1.807, 2.05) is 131 Å². The molecule has 0 bridgehead atoms. The summed E-state index contributed by atoms with van der Waals surface area (Å²) in [5.41, 5.74) is 5.15. The van der Waals surface area contributed by atoms with Gasteiger partial charge in [0.2, 0.25) is 0 Å². The van der Waals surface area contributed by atoms with Crippen molar-refractivity contribution in [1.82, 2.24) is 14.7 Å². The van der Waals surface area contributed by atoms with Gasteiger partial charge in [-0.1, -0.05) is 72.8 Å². The highest BCUT2D eigenvalue weighted by Gasteiger charge is 2.53. The fourth-order valence-corrected chi connectivity index (χ4v) is 10.8. The van der Waals surface area contributed by atoms with E-state index in [2.05, 4.69) is 15.8 Å². The minimum absolute atomic E-state index is 0.0391. The average molecular weight is 915 g/mol. The maximum Gasteiger partial charge on any atom is 0.274 e. The number of alkyl halides is 1. The Labute approximate surface area is 387 Å². The molecule has 1 amide bonds. The third-order valence-corrected chi connectivity index (χ3v) is 14.2. The number of nitrogens with zero attached hydrogens (tertiary/aromatic N) is 6. The van der Waals surface area contributed by atoms with Gasteiger partial charge in [0.15, 0.2) is 12.4 Å². The van der Waals surface area contributed by atoms with Crippen molar-refractivity contribution in [3.05, 3.63) is 154 Å². The molecule has 1 saturated heterocycles. The predicted molar refractivity (Wildman–Crippen MR) is 251 cm³/mol. The molecule has 15 heteroatoms. The number of nitriles is 1. The zero-order valence-corrected chi connectivity index (χ0v) is 39.0. The van der Waals surface area contributed by atoms with Crippen molar-refractivity contribution < 1.29 is 37.2 Å². The van der Waals surface area contributed by atoms with Gasteiger partial charge in [0.05, 0.1) is 52.7 Å². The van der Waals surface area contributed by atoms with E-state index in [0.29, 0.717) is 42.2 Å². The van der Waals surface area contributed by atoms with Crippen molar-refractivity contribution in [3.63, 3.8) is 0 Å². The van der Waals surface area contributed by atoms with Crippen LogP contribution < -0.4 is 9.47 Å². The molecule has 5 atom stereocenters. The summed E-state index contributed by atoms with van der Waals surface area (Å²) in [5, 5.41) is 22.0. The van der Waals surface area contributed by atoms with Crippen molar-refractivity contribution in [2.45, 2.75) is 89.2 Å². The molecule has 3 aliphatic heterocycles. The minimum atomic E-state index is -1.91. The number of rotatable bonds is 18.